The second kappa shape index (κ2) is 8.71. The first kappa shape index (κ1) is 21.2. The number of hydrogen-bond acceptors (Lipinski definition) is 6. The van der Waals surface area contributed by atoms with E-state index in [1.54, 1.807) is 4.90 Å². The van der Waals surface area contributed by atoms with Gasteiger partial charge in [-0.1, -0.05) is 46.1 Å². The zero-order chi connectivity index (χ0) is 19.5. The molecule has 7 nitrogen and oxygen atoms in total. The molecule has 0 spiro atoms. The molecule has 1 N–H and O–H groups in total. The van der Waals surface area contributed by atoms with Gasteiger partial charge in [-0.15, -0.1) is 10.2 Å². The minimum atomic E-state index is -4.09. The monoisotopic (exact) mass is 456 g/mol. The summed E-state index contributed by atoms with van der Waals surface area (Å²) in [5.74, 6) is -0.107. The fourth-order valence-corrected chi connectivity index (χ4v) is 5.64. The highest BCUT2D eigenvalue weighted by molar-refractivity contribution is 7.93. The number of rotatable bonds is 7. The maximum Gasteiger partial charge on any atom is 0.266 e. The lowest BCUT2D eigenvalue weighted by Crippen LogP contribution is -2.31. The van der Waals surface area contributed by atoms with E-state index in [4.69, 9.17) is 34.8 Å². The number of halogens is 3. The van der Waals surface area contributed by atoms with E-state index in [-0.39, 0.29) is 37.4 Å². The lowest BCUT2D eigenvalue weighted by atomic mass is 10.3. The molecule has 0 fully saturated rings. The van der Waals surface area contributed by atoms with Crippen molar-refractivity contribution in [2.24, 2.45) is 0 Å². The summed E-state index contributed by atoms with van der Waals surface area (Å²) in [4.78, 5) is 13.4. The smallest absolute Gasteiger partial charge is 0.266 e. The molecule has 0 aliphatic heterocycles. The van der Waals surface area contributed by atoms with Gasteiger partial charge in [0.15, 0.2) is 0 Å². The number of amides is 1. The van der Waals surface area contributed by atoms with Crippen LogP contribution in [0.2, 0.25) is 15.1 Å². The van der Waals surface area contributed by atoms with E-state index in [1.807, 2.05) is 13.8 Å². The summed E-state index contributed by atoms with van der Waals surface area (Å²) in [6.45, 7) is 4.92. The van der Waals surface area contributed by atoms with Crippen molar-refractivity contribution in [3.63, 3.8) is 0 Å². The molecule has 0 saturated heterocycles. The molecule has 142 valence electrons. The number of sulfonamides is 1. The van der Waals surface area contributed by atoms with Gasteiger partial charge in [0, 0.05) is 18.1 Å². The van der Waals surface area contributed by atoms with Gasteiger partial charge in [0.05, 0.1) is 16.5 Å². The predicted molar refractivity (Wildman–Crippen MR) is 104 cm³/mol. The summed E-state index contributed by atoms with van der Waals surface area (Å²) in [6.07, 6.45) is 0.0452. The second-order valence-corrected chi connectivity index (χ2v) is 8.98. The Morgan fingerprint density at radius 1 is 1.15 bits per heavy atom. The average molecular weight is 458 g/mol. The van der Waals surface area contributed by atoms with Crippen molar-refractivity contribution in [2.75, 3.05) is 17.8 Å². The molecule has 1 amide bonds. The van der Waals surface area contributed by atoms with Gasteiger partial charge >= 0.3 is 0 Å². The molecule has 12 heteroatoms. The first-order chi connectivity index (χ1) is 12.2. The number of nitrogens with zero attached hydrogens (tertiary/aromatic N) is 3. The molecular formula is C14H15Cl3N4O3S2. The summed E-state index contributed by atoms with van der Waals surface area (Å²) < 4.78 is 27.3. The molecule has 26 heavy (non-hydrogen) atoms. The standard InChI is InChI=1S/C14H15Cl3N4O3S2/c1-3-21(4-2)12(22)7-11-18-19-14(25-11)20-26(23,24)13-9(16)5-8(15)6-10(13)17/h5-6H,3-4,7H2,1-2H3,(H,19,20). The maximum absolute atomic E-state index is 12.5. The van der Waals surface area contributed by atoms with Gasteiger partial charge in [0.2, 0.25) is 11.0 Å². The van der Waals surface area contributed by atoms with Crippen LogP contribution in [0.15, 0.2) is 17.0 Å². The van der Waals surface area contributed by atoms with Gasteiger partial charge in [-0.2, -0.15) is 0 Å². The molecule has 2 aromatic rings. The molecule has 2 rings (SSSR count). The van der Waals surface area contributed by atoms with E-state index in [2.05, 4.69) is 14.9 Å². The highest BCUT2D eigenvalue weighted by Crippen LogP contribution is 2.34. The van der Waals surface area contributed by atoms with E-state index >= 15 is 0 Å². The van der Waals surface area contributed by atoms with Crippen LogP contribution < -0.4 is 4.72 Å². The van der Waals surface area contributed by atoms with Gasteiger partial charge in [-0.05, 0) is 26.0 Å². The van der Waals surface area contributed by atoms with E-state index in [0.29, 0.717) is 18.1 Å². The molecule has 0 unspecified atom stereocenters. The molecule has 0 aliphatic carbocycles. The summed E-state index contributed by atoms with van der Waals surface area (Å²) in [5, 5.41) is 8.01. The normalized spacial score (nSPS) is 11.4. The van der Waals surface area contributed by atoms with Gasteiger partial charge in [-0.3, -0.25) is 9.52 Å². The molecule has 0 saturated carbocycles. The Morgan fingerprint density at radius 2 is 1.73 bits per heavy atom. The summed E-state index contributed by atoms with van der Waals surface area (Å²) >= 11 is 18.7. The average Bonchev–Trinajstić information content (AvgIpc) is 2.93. The molecular weight excluding hydrogens is 443 g/mol. The Morgan fingerprint density at radius 3 is 2.27 bits per heavy atom. The third-order valence-corrected chi connectivity index (χ3v) is 6.78. The van der Waals surface area contributed by atoms with Crippen LogP contribution in [0.1, 0.15) is 18.9 Å². The Kier molecular flexibility index (Phi) is 7.09. The Balaban J connectivity index is 2.19. The second-order valence-electron chi connectivity index (χ2n) is 5.05. The molecule has 1 heterocycles. The Bertz CT molecular complexity index is 891. The van der Waals surface area contributed by atoms with E-state index in [9.17, 15) is 13.2 Å². The first-order valence-corrected chi connectivity index (χ1v) is 10.9. The predicted octanol–water partition coefficient (Wildman–Crippen LogP) is 3.71. The fourth-order valence-electron chi connectivity index (χ4n) is 2.14. The number of anilines is 1. The first-order valence-electron chi connectivity index (χ1n) is 7.45. The number of likely N-dealkylation sites (N-methyl/N-ethyl adjacent to an activating group) is 1. The Labute approximate surface area is 170 Å². The topological polar surface area (TPSA) is 92.3 Å². The number of benzene rings is 1. The highest BCUT2D eigenvalue weighted by atomic mass is 35.5. The van der Waals surface area contributed by atoms with Crippen molar-refractivity contribution >= 4 is 67.2 Å². The van der Waals surface area contributed by atoms with Crippen molar-refractivity contribution in [3.8, 4) is 0 Å². The van der Waals surface area contributed by atoms with E-state index < -0.39 is 10.0 Å². The van der Waals surface area contributed by atoms with E-state index in [0.717, 1.165) is 11.3 Å². The molecule has 0 aliphatic rings. The summed E-state index contributed by atoms with van der Waals surface area (Å²) in [5.41, 5.74) is 0. The minimum Gasteiger partial charge on any atom is -0.343 e. The number of carbonyl (C=O) groups is 1. The zero-order valence-corrected chi connectivity index (χ0v) is 17.7. The maximum atomic E-state index is 12.5. The lowest BCUT2D eigenvalue weighted by Gasteiger charge is -2.17. The molecule has 1 aromatic carbocycles. The van der Waals surface area contributed by atoms with Crippen molar-refractivity contribution in [1.82, 2.24) is 15.1 Å². The third kappa shape index (κ3) is 4.98. The Hall–Kier alpha value is -1.13. The molecule has 0 atom stereocenters. The number of carbonyl (C=O) groups excluding carboxylic acids is 1. The van der Waals surface area contributed by atoms with E-state index in [1.165, 1.54) is 12.1 Å². The van der Waals surface area contributed by atoms with Gasteiger partial charge in [-0.25, -0.2) is 8.42 Å². The number of nitrogens with one attached hydrogen (secondary N) is 1. The molecule has 0 bridgehead atoms. The van der Waals surface area contributed by atoms with Crippen LogP contribution in [0.3, 0.4) is 0 Å². The van der Waals surface area contributed by atoms with Crippen LogP contribution in [0, 0.1) is 0 Å². The fraction of sp³-hybridized carbons (Fsp3) is 0.357. The number of aromatic nitrogens is 2. The van der Waals surface area contributed by atoms with Crippen LogP contribution in [0.4, 0.5) is 5.13 Å². The SMILES string of the molecule is CCN(CC)C(=O)Cc1nnc(NS(=O)(=O)c2c(Cl)cc(Cl)cc2Cl)s1. The van der Waals surface area contributed by atoms with Crippen LogP contribution in [0.25, 0.3) is 0 Å². The largest absolute Gasteiger partial charge is 0.343 e. The van der Waals surface area contributed by atoms with Gasteiger partial charge in [0.1, 0.15) is 9.90 Å². The molecule has 1 aromatic heterocycles. The van der Waals surface area contributed by atoms with Crippen molar-refractivity contribution in [2.45, 2.75) is 25.2 Å². The summed E-state index contributed by atoms with van der Waals surface area (Å²) in [7, 11) is -4.09. The quantitative estimate of drug-likeness (QED) is 0.684. The third-order valence-electron chi connectivity index (χ3n) is 3.34. The van der Waals surface area contributed by atoms with Crippen LogP contribution in [-0.4, -0.2) is 42.5 Å². The van der Waals surface area contributed by atoms with Gasteiger partial charge in [0.25, 0.3) is 10.0 Å². The van der Waals surface area contributed by atoms with Crippen molar-refractivity contribution < 1.29 is 13.2 Å². The van der Waals surface area contributed by atoms with Crippen molar-refractivity contribution in [3.05, 3.63) is 32.2 Å². The van der Waals surface area contributed by atoms with Crippen LogP contribution in [-0.2, 0) is 21.2 Å². The minimum absolute atomic E-state index is 0.00873. The van der Waals surface area contributed by atoms with Crippen LogP contribution in [0.5, 0.6) is 0 Å². The van der Waals surface area contributed by atoms with Crippen molar-refractivity contribution in [1.29, 1.82) is 0 Å². The number of hydrogen-bond donors (Lipinski definition) is 1. The molecule has 0 radical (unpaired) electrons. The van der Waals surface area contributed by atoms with Gasteiger partial charge < -0.3 is 4.90 Å². The summed E-state index contributed by atoms with van der Waals surface area (Å²) in [6, 6.07) is 2.55. The zero-order valence-electron chi connectivity index (χ0n) is 13.8. The van der Waals surface area contributed by atoms with Crippen LogP contribution >= 0.6 is 46.1 Å². The lowest BCUT2D eigenvalue weighted by molar-refractivity contribution is -0.130. The highest BCUT2D eigenvalue weighted by Gasteiger charge is 2.24.